The molecule has 212 valence electrons. The van der Waals surface area contributed by atoms with Crippen LogP contribution in [0.3, 0.4) is 0 Å². The van der Waals surface area contributed by atoms with Gasteiger partial charge in [-0.1, -0.05) is 35.3 Å². The smallest absolute Gasteiger partial charge is 0.263 e. The van der Waals surface area contributed by atoms with E-state index in [2.05, 4.69) is 5.32 Å². The molecule has 11 heteroatoms. The molecular formula is C29H30Cl2N2O7. The molecule has 2 N–H and O–H groups in total. The summed E-state index contributed by atoms with van der Waals surface area (Å²) < 4.78 is 22.7. The maximum Gasteiger partial charge on any atom is 0.263 e. The van der Waals surface area contributed by atoms with Crippen LogP contribution >= 0.6 is 23.2 Å². The first kappa shape index (κ1) is 29.3. The van der Waals surface area contributed by atoms with Crippen LogP contribution in [0.5, 0.6) is 23.0 Å². The molecule has 2 atom stereocenters. The Morgan fingerprint density at radius 2 is 1.75 bits per heavy atom. The zero-order valence-corrected chi connectivity index (χ0v) is 23.6. The fourth-order valence-electron chi connectivity index (χ4n) is 4.13. The minimum Gasteiger partial charge on any atom is -0.497 e. The van der Waals surface area contributed by atoms with Gasteiger partial charge in [0.25, 0.3) is 11.8 Å². The second kappa shape index (κ2) is 13.6. The summed E-state index contributed by atoms with van der Waals surface area (Å²) in [5.41, 5.74) is 1.07. The highest BCUT2D eigenvalue weighted by Crippen LogP contribution is 2.34. The van der Waals surface area contributed by atoms with Crippen molar-refractivity contribution in [3.63, 3.8) is 0 Å². The number of rotatable bonds is 12. The summed E-state index contributed by atoms with van der Waals surface area (Å²) in [5, 5.41) is 14.0. The maximum atomic E-state index is 12.8. The van der Waals surface area contributed by atoms with Crippen LogP contribution in [0.2, 0.25) is 10.0 Å². The van der Waals surface area contributed by atoms with Crippen LogP contribution in [0.25, 0.3) is 0 Å². The third-order valence-electron chi connectivity index (χ3n) is 6.26. The predicted octanol–water partition coefficient (Wildman–Crippen LogP) is 4.36. The summed E-state index contributed by atoms with van der Waals surface area (Å²) in [5.74, 6) is 1.13. The zero-order chi connectivity index (χ0) is 28.6. The van der Waals surface area contributed by atoms with E-state index in [-0.39, 0.29) is 42.0 Å². The Labute approximate surface area is 242 Å². The number of carbonyl (C=O) groups is 2. The molecule has 0 saturated carbocycles. The standard InChI is InChI=1S/C29H30Cl2N2O7/c1-32-28(35)23-13-24(31)27(38-16-18-3-7-21(37-2)8-4-18)14-26(23)39-17-20(34)15-33-12-11-25(29(33)36)40-22-9-5-19(30)6-10-22/h3-10,13-14,20,25,34H,11-12,15-17H2,1-2H3,(H,32,35)/t20-,25?/m1/s1. The quantitative estimate of drug-likeness (QED) is 0.324. The first-order valence-corrected chi connectivity index (χ1v) is 13.4. The minimum absolute atomic E-state index is 0.0447. The number of β-amino-alcohol motifs (C(OH)–C–C–N with tert-alkyl or cyclic N) is 1. The van der Waals surface area contributed by atoms with E-state index in [4.69, 9.17) is 42.1 Å². The summed E-state index contributed by atoms with van der Waals surface area (Å²) in [7, 11) is 3.08. The maximum absolute atomic E-state index is 12.8. The number of nitrogens with zero attached hydrogens (tertiary/aromatic N) is 1. The molecule has 1 aliphatic heterocycles. The number of halogens is 2. The monoisotopic (exact) mass is 588 g/mol. The lowest BCUT2D eigenvalue weighted by Crippen LogP contribution is -2.39. The number of likely N-dealkylation sites (tertiary alicyclic amines) is 1. The van der Waals surface area contributed by atoms with Crippen molar-refractivity contribution in [1.82, 2.24) is 10.2 Å². The van der Waals surface area contributed by atoms with Crippen molar-refractivity contribution in [2.45, 2.75) is 25.2 Å². The molecule has 4 rings (SSSR count). The number of methoxy groups -OCH3 is 1. The Morgan fingerprint density at radius 3 is 2.42 bits per heavy atom. The highest BCUT2D eigenvalue weighted by Gasteiger charge is 2.34. The van der Waals surface area contributed by atoms with Gasteiger partial charge in [0, 0.05) is 31.1 Å². The van der Waals surface area contributed by atoms with Gasteiger partial charge in [-0.15, -0.1) is 0 Å². The van der Waals surface area contributed by atoms with Gasteiger partial charge in [-0.05, 0) is 48.0 Å². The summed E-state index contributed by atoms with van der Waals surface area (Å²) >= 11 is 12.3. The van der Waals surface area contributed by atoms with Gasteiger partial charge in [0.1, 0.15) is 42.3 Å². The topological polar surface area (TPSA) is 107 Å². The number of hydrogen-bond donors (Lipinski definition) is 2. The van der Waals surface area contributed by atoms with Crippen molar-refractivity contribution in [2.24, 2.45) is 0 Å². The number of aliphatic hydroxyl groups excluding tert-OH is 1. The average Bonchev–Trinajstić information content (AvgIpc) is 3.30. The Kier molecular flexibility index (Phi) is 9.98. The van der Waals surface area contributed by atoms with Gasteiger partial charge in [-0.25, -0.2) is 0 Å². The third kappa shape index (κ3) is 7.50. The first-order chi connectivity index (χ1) is 19.3. The number of nitrogens with one attached hydrogen (secondary N) is 1. The third-order valence-corrected chi connectivity index (χ3v) is 6.81. The molecule has 3 aromatic rings. The molecule has 40 heavy (non-hydrogen) atoms. The average molecular weight is 589 g/mol. The van der Waals surface area contributed by atoms with Crippen LogP contribution in [0.15, 0.2) is 60.7 Å². The zero-order valence-electron chi connectivity index (χ0n) is 22.1. The van der Waals surface area contributed by atoms with Gasteiger partial charge in [0.2, 0.25) is 0 Å². The number of ether oxygens (including phenoxy) is 4. The SMILES string of the molecule is CNC(=O)c1cc(Cl)c(OCc2ccc(OC)cc2)cc1OC[C@H](O)CN1CCC(Oc2ccc(Cl)cc2)C1=O. The van der Waals surface area contributed by atoms with E-state index in [1.807, 2.05) is 24.3 Å². The van der Waals surface area contributed by atoms with Gasteiger partial charge in [-0.2, -0.15) is 0 Å². The van der Waals surface area contributed by atoms with Crippen molar-refractivity contribution in [3.05, 3.63) is 81.8 Å². The van der Waals surface area contributed by atoms with E-state index >= 15 is 0 Å². The Balaban J connectivity index is 1.37. The first-order valence-electron chi connectivity index (χ1n) is 12.6. The van der Waals surface area contributed by atoms with Crippen molar-refractivity contribution < 1.29 is 33.6 Å². The van der Waals surface area contributed by atoms with E-state index < -0.39 is 18.1 Å². The molecule has 0 radical (unpaired) electrons. The molecule has 9 nitrogen and oxygen atoms in total. The molecule has 0 aromatic heterocycles. The lowest BCUT2D eigenvalue weighted by Gasteiger charge is -2.22. The van der Waals surface area contributed by atoms with Crippen LogP contribution in [0.1, 0.15) is 22.3 Å². The van der Waals surface area contributed by atoms with E-state index in [9.17, 15) is 14.7 Å². The molecular weight excluding hydrogens is 559 g/mol. The summed E-state index contributed by atoms with van der Waals surface area (Å²) in [4.78, 5) is 26.8. The van der Waals surface area contributed by atoms with Crippen molar-refractivity contribution in [3.8, 4) is 23.0 Å². The van der Waals surface area contributed by atoms with Gasteiger partial charge in [-0.3, -0.25) is 9.59 Å². The van der Waals surface area contributed by atoms with Gasteiger partial charge >= 0.3 is 0 Å². The minimum atomic E-state index is -1.02. The number of amides is 2. The lowest BCUT2D eigenvalue weighted by atomic mass is 10.1. The fourth-order valence-corrected chi connectivity index (χ4v) is 4.48. The van der Waals surface area contributed by atoms with Crippen LogP contribution in [0, 0.1) is 0 Å². The van der Waals surface area contributed by atoms with Crippen LogP contribution in [0.4, 0.5) is 0 Å². The number of benzene rings is 3. The van der Waals surface area contributed by atoms with Crippen LogP contribution < -0.4 is 24.3 Å². The predicted molar refractivity (Wildman–Crippen MR) is 151 cm³/mol. The van der Waals surface area contributed by atoms with E-state index in [0.29, 0.717) is 29.5 Å². The van der Waals surface area contributed by atoms with Gasteiger partial charge in [0.05, 0.1) is 24.2 Å². The molecule has 1 heterocycles. The van der Waals surface area contributed by atoms with E-state index in [1.165, 1.54) is 24.1 Å². The summed E-state index contributed by atoms with van der Waals surface area (Å²) in [6, 6.07) is 17.1. The van der Waals surface area contributed by atoms with Crippen LogP contribution in [-0.4, -0.2) is 67.9 Å². The lowest BCUT2D eigenvalue weighted by molar-refractivity contribution is -0.134. The molecule has 0 aliphatic carbocycles. The van der Waals surface area contributed by atoms with Crippen LogP contribution in [-0.2, 0) is 11.4 Å². The van der Waals surface area contributed by atoms with Crippen molar-refractivity contribution in [2.75, 3.05) is 33.9 Å². The normalized spacial score (nSPS) is 15.5. The molecule has 2 amide bonds. The molecule has 0 spiro atoms. The van der Waals surface area contributed by atoms with Gasteiger partial charge in [0.15, 0.2) is 6.10 Å². The summed E-state index contributed by atoms with van der Waals surface area (Å²) in [6.07, 6.45) is -1.17. The molecule has 0 bridgehead atoms. The van der Waals surface area contributed by atoms with E-state index in [1.54, 1.807) is 31.4 Å². The second-order valence-electron chi connectivity index (χ2n) is 9.09. The van der Waals surface area contributed by atoms with E-state index in [0.717, 1.165) is 11.3 Å². The Hall–Kier alpha value is -3.66. The molecule has 1 aliphatic rings. The molecule has 1 fully saturated rings. The number of aliphatic hydroxyl groups is 1. The Morgan fingerprint density at radius 1 is 1.05 bits per heavy atom. The highest BCUT2D eigenvalue weighted by molar-refractivity contribution is 6.32. The molecule has 3 aromatic carbocycles. The Bertz CT molecular complexity index is 1320. The van der Waals surface area contributed by atoms with Crippen molar-refractivity contribution in [1.29, 1.82) is 0 Å². The van der Waals surface area contributed by atoms with Gasteiger partial charge < -0.3 is 34.3 Å². The second-order valence-corrected chi connectivity index (χ2v) is 9.94. The molecule has 1 unspecified atom stereocenters. The highest BCUT2D eigenvalue weighted by atomic mass is 35.5. The number of hydrogen-bond acceptors (Lipinski definition) is 7. The fraction of sp³-hybridized carbons (Fsp3) is 0.310. The van der Waals surface area contributed by atoms with Crippen molar-refractivity contribution >= 4 is 35.0 Å². The number of carbonyl (C=O) groups excluding carboxylic acids is 2. The largest absolute Gasteiger partial charge is 0.497 e. The summed E-state index contributed by atoms with van der Waals surface area (Å²) in [6.45, 7) is 0.530. The molecule has 1 saturated heterocycles.